The lowest BCUT2D eigenvalue weighted by molar-refractivity contribution is 0.0779. The fourth-order valence-electron chi connectivity index (χ4n) is 2.86. The Bertz CT molecular complexity index is 664. The molecule has 24 heavy (non-hydrogen) atoms. The number of hydrogen-bond acceptors (Lipinski definition) is 4. The Morgan fingerprint density at radius 2 is 1.96 bits per heavy atom. The standard InChI is InChI=1S/C17H23N5O.ClH/c1-13-3-5-14(6-4-13)11-21(2)17(23)16-12-22(20-19-16)15-7-9-18-10-8-15;/h3-6,12,15,18H,7-11H2,1-2H3;1H. The van der Waals surface area contributed by atoms with Gasteiger partial charge in [-0.1, -0.05) is 35.0 Å². The van der Waals surface area contributed by atoms with Crippen molar-refractivity contribution in [2.24, 2.45) is 0 Å². The van der Waals surface area contributed by atoms with Crippen LogP contribution in [0.5, 0.6) is 0 Å². The summed E-state index contributed by atoms with van der Waals surface area (Å²) >= 11 is 0. The van der Waals surface area contributed by atoms with Crippen LogP contribution >= 0.6 is 12.4 Å². The summed E-state index contributed by atoms with van der Waals surface area (Å²) in [6, 6.07) is 8.55. The van der Waals surface area contributed by atoms with Gasteiger partial charge in [-0.3, -0.25) is 4.79 Å². The van der Waals surface area contributed by atoms with Gasteiger partial charge in [0.2, 0.25) is 0 Å². The molecule has 1 aromatic carbocycles. The molecule has 3 rings (SSSR count). The molecule has 2 heterocycles. The molecule has 7 heteroatoms. The van der Waals surface area contributed by atoms with Crippen LogP contribution in [0.2, 0.25) is 0 Å². The molecule has 1 fully saturated rings. The topological polar surface area (TPSA) is 63.1 Å². The van der Waals surface area contributed by atoms with E-state index in [1.165, 1.54) is 5.56 Å². The minimum atomic E-state index is -0.0919. The second kappa shape index (κ2) is 8.26. The zero-order valence-electron chi connectivity index (χ0n) is 14.1. The number of nitrogens with one attached hydrogen (secondary N) is 1. The first kappa shape index (κ1) is 18.4. The lowest BCUT2D eigenvalue weighted by Crippen LogP contribution is -2.29. The van der Waals surface area contributed by atoms with E-state index in [1.54, 1.807) is 18.1 Å². The van der Waals surface area contributed by atoms with Crippen molar-refractivity contribution in [3.63, 3.8) is 0 Å². The van der Waals surface area contributed by atoms with E-state index in [9.17, 15) is 4.79 Å². The van der Waals surface area contributed by atoms with Gasteiger partial charge in [0.15, 0.2) is 5.69 Å². The van der Waals surface area contributed by atoms with Gasteiger partial charge in [0.1, 0.15) is 0 Å². The van der Waals surface area contributed by atoms with Crippen LogP contribution in [-0.4, -0.2) is 45.9 Å². The first-order valence-electron chi connectivity index (χ1n) is 8.07. The van der Waals surface area contributed by atoms with Gasteiger partial charge in [0.25, 0.3) is 5.91 Å². The van der Waals surface area contributed by atoms with E-state index < -0.39 is 0 Å². The summed E-state index contributed by atoms with van der Waals surface area (Å²) in [5, 5.41) is 11.5. The van der Waals surface area contributed by atoms with Crippen molar-refractivity contribution in [3.05, 3.63) is 47.3 Å². The quantitative estimate of drug-likeness (QED) is 0.919. The molecule has 130 valence electrons. The molecule has 1 amide bonds. The van der Waals surface area contributed by atoms with Crippen LogP contribution in [0.15, 0.2) is 30.5 Å². The molecule has 0 bridgehead atoms. The summed E-state index contributed by atoms with van der Waals surface area (Å²) in [5.41, 5.74) is 2.74. The molecular weight excluding hydrogens is 326 g/mol. The van der Waals surface area contributed by atoms with Gasteiger partial charge in [0.05, 0.1) is 12.2 Å². The van der Waals surface area contributed by atoms with Gasteiger partial charge in [-0.25, -0.2) is 4.68 Å². The highest BCUT2D eigenvalue weighted by Gasteiger charge is 2.20. The van der Waals surface area contributed by atoms with Crippen molar-refractivity contribution in [1.29, 1.82) is 0 Å². The van der Waals surface area contributed by atoms with Crippen LogP contribution in [-0.2, 0) is 6.54 Å². The summed E-state index contributed by atoms with van der Waals surface area (Å²) in [6.45, 7) is 4.60. The molecule has 1 aliphatic heterocycles. The average molecular weight is 350 g/mol. The molecule has 0 unspecified atom stereocenters. The fraction of sp³-hybridized carbons (Fsp3) is 0.471. The SMILES string of the molecule is Cc1ccc(CN(C)C(=O)c2cn(C3CCNCC3)nn2)cc1.Cl. The molecular formula is C17H24ClN5O. The van der Waals surface area contributed by atoms with Crippen LogP contribution in [0.25, 0.3) is 0 Å². The van der Waals surface area contributed by atoms with Gasteiger partial charge in [0, 0.05) is 13.6 Å². The molecule has 0 atom stereocenters. The smallest absolute Gasteiger partial charge is 0.276 e. The summed E-state index contributed by atoms with van der Waals surface area (Å²) in [6.07, 6.45) is 3.83. The van der Waals surface area contributed by atoms with E-state index >= 15 is 0 Å². The van der Waals surface area contributed by atoms with Gasteiger partial charge < -0.3 is 10.2 Å². The maximum atomic E-state index is 12.5. The number of halogens is 1. The molecule has 1 aliphatic rings. The summed E-state index contributed by atoms with van der Waals surface area (Å²) in [7, 11) is 1.80. The maximum absolute atomic E-state index is 12.5. The van der Waals surface area contributed by atoms with Crippen LogP contribution in [0.3, 0.4) is 0 Å². The number of nitrogens with zero attached hydrogens (tertiary/aromatic N) is 4. The largest absolute Gasteiger partial charge is 0.336 e. The fourth-order valence-corrected chi connectivity index (χ4v) is 2.86. The van der Waals surface area contributed by atoms with Gasteiger partial charge >= 0.3 is 0 Å². The highest BCUT2D eigenvalue weighted by atomic mass is 35.5. The van der Waals surface area contributed by atoms with E-state index in [-0.39, 0.29) is 18.3 Å². The van der Waals surface area contributed by atoms with Crippen LogP contribution in [0.1, 0.15) is 40.5 Å². The summed E-state index contributed by atoms with van der Waals surface area (Å²) in [4.78, 5) is 14.2. The maximum Gasteiger partial charge on any atom is 0.276 e. The molecule has 2 aromatic rings. The average Bonchev–Trinajstić information content (AvgIpc) is 3.07. The van der Waals surface area contributed by atoms with Crippen molar-refractivity contribution in [2.75, 3.05) is 20.1 Å². The van der Waals surface area contributed by atoms with Gasteiger partial charge in [-0.2, -0.15) is 0 Å². The highest BCUT2D eigenvalue weighted by molar-refractivity contribution is 5.91. The zero-order valence-corrected chi connectivity index (χ0v) is 14.9. The Labute approximate surface area is 148 Å². The number of hydrogen-bond donors (Lipinski definition) is 1. The molecule has 1 aromatic heterocycles. The van der Waals surface area contributed by atoms with Crippen LogP contribution in [0, 0.1) is 6.92 Å². The second-order valence-corrected chi connectivity index (χ2v) is 6.21. The number of amides is 1. The minimum absolute atomic E-state index is 0. The van der Waals surface area contributed by atoms with Crippen molar-refractivity contribution >= 4 is 18.3 Å². The predicted octanol–water partition coefficient (Wildman–Crippen LogP) is 2.21. The number of benzene rings is 1. The first-order valence-corrected chi connectivity index (χ1v) is 8.07. The third-order valence-corrected chi connectivity index (χ3v) is 4.30. The zero-order chi connectivity index (χ0) is 16.2. The Kier molecular flexibility index (Phi) is 6.34. The molecule has 0 radical (unpaired) electrons. The van der Waals surface area contributed by atoms with Crippen molar-refractivity contribution in [3.8, 4) is 0 Å². The van der Waals surface area contributed by atoms with Crippen molar-refractivity contribution < 1.29 is 4.79 Å². The normalized spacial score (nSPS) is 14.9. The summed E-state index contributed by atoms with van der Waals surface area (Å²) < 4.78 is 1.84. The van der Waals surface area contributed by atoms with Crippen LogP contribution < -0.4 is 5.32 Å². The third kappa shape index (κ3) is 4.33. The monoisotopic (exact) mass is 349 g/mol. The van der Waals surface area contributed by atoms with Crippen molar-refractivity contribution in [1.82, 2.24) is 25.2 Å². The number of aryl methyl sites for hydroxylation is 1. The third-order valence-electron chi connectivity index (χ3n) is 4.30. The van der Waals surface area contributed by atoms with Gasteiger partial charge in [-0.15, -0.1) is 17.5 Å². The number of rotatable bonds is 4. The lowest BCUT2D eigenvalue weighted by atomic mass is 10.1. The molecule has 1 saturated heterocycles. The Morgan fingerprint density at radius 1 is 1.29 bits per heavy atom. The predicted molar refractivity (Wildman–Crippen MR) is 95.4 cm³/mol. The molecule has 0 aliphatic carbocycles. The van der Waals surface area contributed by atoms with E-state index in [4.69, 9.17) is 0 Å². The van der Waals surface area contributed by atoms with Crippen LogP contribution in [0.4, 0.5) is 0 Å². The molecule has 1 N–H and O–H groups in total. The lowest BCUT2D eigenvalue weighted by Gasteiger charge is -2.22. The summed E-state index contributed by atoms with van der Waals surface area (Å²) in [5.74, 6) is -0.0919. The number of carbonyl (C=O) groups excluding carboxylic acids is 1. The highest BCUT2D eigenvalue weighted by Crippen LogP contribution is 2.17. The first-order chi connectivity index (χ1) is 11.1. The Balaban J connectivity index is 0.00000208. The Morgan fingerprint density at radius 3 is 2.62 bits per heavy atom. The Hall–Kier alpha value is -1.92. The number of carbonyl (C=O) groups is 1. The molecule has 0 saturated carbocycles. The van der Waals surface area contributed by atoms with E-state index in [2.05, 4.69) is 34.7 Å². The van der Waals surface area contributed by atoms with Crippen molar-refractivity contribution in [2.45, 2.75) is 32.4 Å². The van der Waals surface area contributed by atoms with E-state index in [0.29, 0.717) is 18.3 Å². The van der Waals surface area contributed by atoms with E-state index in [1.807, 2.05) is 16.8 Å². The second-order valence-electron chi connectivity index (χ2n) is 6.21. The molecule has 0 spiro atoms. The van der Waals surface area contributed by atoms with Gasteiger partial charge in [-0.05, 0) is 38.4 Å². The van der Waals surface area contributed by atoms with E-state index in [0.717, 1.165) is 31.5 Å². The minimum Gasteiger partial charge on any atom is -0.336 e. The number of piperidine rings is 1. The molecule has 6 nitrogen and oxygen atoms in total. The number of aromatic nitrogens is 3.